The van der Waals surface area contributed by atoms with Gasteiger partial charge in [0.05, 0.1) is 0 Å². The van der Waals surface area contributed by atoms with Crippen molar-refractivity contribution < 1.29 is 0 Å². The monoisotopic (exact) mass is 320 g/mol. The molecule has 1 saturated carbocycles. The van der Waals surface area contributed by atoms with Crippen molar-refractivity contribution in [3.63, 3.8) is 0 Å². The van der Waals surface area contributed by atoms with Crippen LogP contribution in [0.3, 0.4) is 0 Å². The summed E-state index contributed by atoms with van der Waals surface area (Å²) < 4.78 is 0. The Morgan fingerprint density at radius 1 is 0.952 bits per heavy atom. The normalized spacial score (nSPS) is 14.6. The lowest BCUT2D eigenvalue weighted by Gasteiger charge is -2.24. The molecule has 2 N–H and O–H groups in total. The van der Waals surface area contributed by atoms with Gasteiger partial charge in [-0.2, -0.15) is 0 Å². The van der Waals surface area contributed by atoms with Crippen molar-refractivity contribution in [2.75, 3.05) is 5.73 Å². The Balaban J connectivity index is 1.81. The summed E-state index contributed by atoms with van der Waals surface area (Å²) in [6.45, 7) is 1.59. The van der Waals surface area contributed by atoms with Crippen LogP contribution < -0.4 is 5.73 Å². The Morgan fingerprint density at radius 3 is 2.24 bits per heavy atom. The zero-order chi connectivity index (χ0) is 14.8. The van der Waals surface area contributed by atoms with Crippen molar-refractivity contribution in [3.05, 3.63) is 63.6 Å². The Kier molecular flexibility index (Phi) is 4.39. The fourth-order valence-electron chi connectivity index (χ4n) is 2.54. The molecule has 0 bridgehead atoms. The van der Waals surface area contributed by atoms with Crippen molar-refractivity contribution in [1.29, 1.82) is 0 Å². The van der Waals surface area contributed by atoms with Crippen LogP contribution >= 0.6 is 23.2 Å². The number of rotatable bonds is 5. The van der Waals surface area contributed by atoms with Gasteiger partial charge in [0.15, 0.2) is 0 Å². The first kappa shape index (κ1) is 14.7. The maximum atomic E-state index is 6.30. The molecule has 0 radical (unpaired) electrons. The van der Waals surface area contributed by atoms with E-state index in [4.69, 9.17) is 28.9 Å². The van der Waals surface area contributed by atoms with E-state index in [0.717, 1.165) is 39.9 Å². The van der Waals surface area contributed by atoms with Crippen LogP contribution in [0.15, 0.2) is 42.5 Å². The largest absolute Gasteiger partial charge is 0.398 e. The molecule has 2 aromatic rings. The summed E-state index contributed by atoms with van der Waals surface area (Å²) >= 11 is 12.6. The van der Waals surface area contributed by atoms with Gasteiger partial charge in [0.25, 0.3) is 0 Å². The number of nitrogens with two attached hydrogens (primary N) is 1. The molecule has 0 spiro atoms. The number of hydrogen-bond acceptors (Lipinski definition) is 2. The maximum Gasteiger partial charge on any atom is 0.0465 e. The molecule has 0 amide bonds. The van der Waals surface area contributed by atoms with Crippen LogP contribution in [0, 0.1) is 0 Å². The van der Waals surface area contributed by atoms with Gasteiger partial charge in [0.1, 0.15) is 0 Å². The van der Waals surface area contributed by atoms with Gasteiger partial charge < -0.3 is 5.73 Å². The first-order valence-electron chi connectivity index (χ1n) is 7.15. The van der Waals surface area contributed by atoms with Crippen LogP contribution in [0.1, 0.15) is 24.0 Å². The molecular weight excluding hydrogens is 303 g/mol. The minimum atomic E-state index is 0.608. The second-order valence-electron chi connectivity index (χ2n) is 5.54. The molecular formula is C17H18Cl2N2. The van der Waals surface area contributed by atoms with Crippen molar-refractivity contribution in [1.82, 2.24) is 4.90 Å². The number of nitrogens with zero attached hydrogens (tertiary/aromatic N) is 1. The summed E-state index contributed by atoms with van der Waals surface area (Å²) in [4.78, 5) is 2.42. The molecule has 0 aliphatic heterocycles. The van der Waals surface area contributed by atoms with E-state index < -0.39 is 0 Å². The van der Waals surface area contributed by atoms with Crippen LogP contribution in [0.4, 0.5) is 5.69 Å². The van der Waals surface area contributed by atoms with E-state index in [1.54, 1.807) is 0 Å². The minimum absolute atomic E-state index is 0.608. The van der Waals surface area contributed by atoms with Crippen molar-refractivity contribution in [2.24, 2.45) is 0 Å². The first-order chi connectivity index (χ1) is 10.1. The SMILES string of the molecule is Nc1ccccc1CN(Cc1c(Cl)cccc1Cl)C1CC1. The Morgan fingerprint density at radius 2 is 1.62 bits per heavy atom. The van der Waals surface area contributed by atoms with Gasteiger partial charge in [-0.05, 0) is 36.6 Å². The smallest absolute Gasteiger partial charge is 0.0465 e. The average molecular weight is 321 g/mol. The molecule has 21 heavy (non-hydrogen) atoms. The van der Waals surface area contributed by atoms with Gasteiger partial charge in [0.2, 0.25) is 0 Å². The predicted molar refractivity (Wildman–Crippen MR) is 89.6 cm³/mol. The third-order valence-electron chi connectivity index (χ3n) is 3.91. The highest BCUT2D eigenvalue weighted by Crippen LogP contribution is 2.33. The standard InChI is InChI=1S/C17H18Cl2N2/c18-15-5-3-6-16(19)14(15)11-21(13-8-9-13)10-12-4-1-2-7-17(12)20/h1-7,13H,8-11,20H2. The maximum absolute atomic E-state index is 6.30. The average Bonchev–Trinajstić information content (AvgIpc) is 3.28. The van der Waals surface area contributed by atoms with Crippen molar-refractivity contribution in [2.45, 2.75) is 32.0 Å². The van der Waals surface area contributed by atoms with Gasteiger partial charge in [-0.15, -0.1) is 0 Å². The van der Waals surface area contributed by atoms with Crippen molar-refractivity contribution in [3.8, 4) is 0 Å². The van der Waals surface area contributed by atoms with E-state index in [-0.39, 0.29) is 0 Å². The predicted octanol–water partition coefficient (Wildman–Crippen LogP) is 4.74. The lowest BCUT2D eigenvalue weighted by Crippen LogP contribution is -2.25. The van der Waals surface area contributed by atoms with E-state index in [1.165, 1.54) is 12.8 Å². The van der Waals surface area contributed by atoms with E-state index >= 15 is 0 Å². The van der Waals surface area contributed by atoms with Crippen LogP contribution in [0.2, 0.25) is 10.0 Å². The van der Waals surface area contributed by atoms with Crippen LogP contribution in [-0.2, 0) is 13.1 Å². The topological polar surface area (TPSA) is 29.3 Å². The summed E-state index contributed by atoms with van der Waals surface area (Å²) in [5, 5.41) is 1.46. The minimum Gasteiger partial charge on any atom is -0.398 e. The quantitative estimate of drug-likeness (QED) is 0.806. The molecule has 110 valence electrons. The fourth-order valence-corrected chi connectivity index (χ4v) is 3.05. The number of nitrogen functional groups attached to an aromatic ring is 1. The fraction of sp³-hybridized carbons (Fsp3) is 0.294. The molecule has 0 unspecified atom stereocenters. The molecule has 2 aromatic carbocycles. The molecule has 3 rings (SSSR count). The summed E-state index contributed by atoms with van der Waals surface area (Å²) in [6.07, 6.45) is 2.46. The molecule has 1 aliphatic carbocycles. The zero-order valence-corrected chi connectivity index (χ0v) is 13.2. The zero-order valence-electron chi connectivity index (χ0n) is 11.7. The summed E-state index contributed by atoms with van der Waals surface area (Å²) in [5.74, 6) is 0. The highest BCUT2D eigenvalue weighted by atomic mass is 35.5. The molecule has 1 fully saturated rings. The molecule has 2 nitrogen and oxygen atoms in total. The Labute approximate surface area is 135 Å². The van der Waals surface area contributed by atoms with Crippen LogP contribution in [0.5, 0.6) is 0 Å². The Hall–Kier alpha value is -1.22. The molecule has 4 heteroatoms. The van der Waals surface area contributed by atoms with Gasteiger partial charge >= 0.3 is 0 Å². The van der Waals surface area contributed by atoms with Gasteiger partial charge in [-0.3, -0.25) is 4.90 Å². The lowest BCUT2D eigenvalue weighted by molar-refractivity contribution is 0.246. The molecule has 0 heterocycles. The number of halogens is 2. The number of anilines is 1. The summed E-state index contributed by atoms with van der Waals surface area (Å²) in [5.41, 5.74) is 9.07. The summed E-state index contributed by atoms with van der Waals surface area (Å²) in [6, 6.07) is 14.3. The second kappa shape index (κ2) is 6.27. The lowest BCUT2D eigenvalue weighted by atomic mass is 10.1. The first-order valence-corrected chi connectivity index (χ1v) is 7.91. The van der Waals surface area contributed by atoms with E-state index in [2.05, 4.69) is 11.0 Å². The highest BCUT2D eigenvalue weighted by molar-refractivity contribution is 6.35. The second-order valence-corrected chi connectivity index (χ2v) is 6.35. The summed E-state index contributed by atoms with van der Waals surface area (Å²) in [7, 11) is 0. The van der Waals surface area contributed by atoms with Gasteiger partial charge in [-0.25, -0.2) is 0 Å². The molecule has 0 atom stereocenters. The highest BCUT2D eigenvalue weighted by Gasteiger charge is 2.30. The van der Waals surface area contributed by atoms with Crippen LogP contribution in [0.25, 0.3) is 0 Å². The molecule has 0 aromatic heterocycles. The third kappa shape index (κ3) is 3.52. The van der Waals surface area contributed by atoms with Gasteiger partial charge in [-0.1, -0.05) is 47.5 Å². The Bertz CT molecular complexity index is 618. The van der Waals surface area contributed by atoms with E-state index in [9.17, 15) is 0 Å². The molecule has 1 aliphatic rings. The number of hydrogen-bond donors (Lipinski definition) is 1. The molecule has 0 saturated heterocycles. The van der Waals surface area contributed by atoms with Crippen LogP contribution in [-0.4, -0.2) is 10.9 Å². The number of para-hydroxylation sites is 1. The third-order valence-corrected chi connectivity index (χ3v) is 4.62. The van der Waals surface area contributed by atoms with E-state index in [0.29, 0.717) is 6.04 Å². The van der Waals surface area contributed by atoms with E-state index in [1.807, 2.05) is 36.4 Å². The number of benzene rings is 2. The van der Waals surface area contributed by atoms with Gasteiger partial charge in [0, 0.05) is 40.4 Å². The van der Waals surface area contributed by atoms with Crippen molar-refractivity contribution >= 4 is 28.9 Å².